The molecule has 0 spiro atoms. The Balaban J connectivity index is 3.52. The van der Waals surface area contributed by atoms with Crippen LogP contribution in [-0.2, 0) is 32.1 Å². The van der Waals surface area contributed by atoms with Crippen molar-refractivity contribution in [1.82, 2.24) is 0 Å². The minimum Gasteiger partial charge on any atom is -0.507 e. The van der Waals surface area contributed by atoms with E-state index in [1.54, 1.807) is 0 Å². The van der Waals surface area contributed by atoms with Crippen LogP contribution in [0.15, 0.2) is 0 Å². The van der Waals surface area contributed by atoms with Gasteiger partial charge in [-0.1, -0.05) is 41.0 Å². The van der Waals surface area contributed by atoms with E-state index in [0.29, 0.717) is 5.75 Å². The third kappa shape index (κ3) is 3.13. The quantitative estimate of drug-likeness (QED) is 0.734. The summed E-state index contributed by atoms with van der Waals surface area (Å²) in [5, 5.41) is 10.7. The van der Waals surface area contributed by atoms with Gasteiger partial charge >= 0.3 is 0 Å². The number of hydrogen-bond acceptors (Lipinski definition) is 1. The van der Waals surface area contributed by atoms with E-state index in [4.69, 9.17) is 0 Å². The van der Waals surface area contributed by atoms with Crippen LogP contribution in [0.2, 0.25) is 0 Å². The predicted molar refractivity (Wildman–Crippen MR) is 84.2 cm³/mol. The lowest BCUT2D eigenvalue weighted by atomic mass is 9.84. The van der Waals surface area contributed by atoms with Crippen molar-refractivity contribution in [3.8, 4) is 5.75 Å². The second-order valence-corrected chi connectivity index (χ2v) is 5.26. The SMILES string of the molecule is CCCCc1c(O)c(CC)c(CC)c(CC)c1CC. The zero-order valence-electron chi connectivity index (χ0n) is 13.4. The van der Waals surface area contributed by atoms with Gasteiger partial charge in [0, 0.05) is 0 Å². The lowest BCUT2D eigenvalue weighted by Crippen LogP contribution is -2.08. The molecular formula is C18H30O. The summed E-state index contributed by atoms with van der Waals surface area (Å²) in [6.07, 6.45) is 7.45. The molecule has 0 atom stereocenters. The van der Waals surface area contributed by atoms with Crippen molar-refractivity contribution in [3.63, 3.8) is 0 Å². The molecule has 0 aliphatic carbocycles. The number of aromatic hydroxyl groups is 1. The van der Waals surface area contributed by atoms with Gasteiger partial charge in [0.2, 0.25) is 0 Å². The molecule has 1 N–H and O–H groups in total. The van der Waals surface area contributed by atoms with Gasteiger partial charge in [-0.05, 0) is 66.3 Å². The zero-order valence-corrected chi connectivity index (χ0v) is 13.4. The van der Waals surface area contributed by atoms with E-state index < -0.39 is 0 Å². The van der Waals surface area contributed by atoms with E-state index in [2.05, 4.69) is 34.6 Å². The van der Waals surface area contributed by atoms with Crippen molar-refractivity contribution < 1.29 is 5.11 Å². The van der Waals surface area contributed by atoms with Crippen LogP contribution in [0.4, 0.5) is 0 Å². The molecule has 0 amide bonds. The average Bonchev–Trinajstić information content (AvgIpc) is 2.44. The molecule has 0 radical (unpaired) electrons. The molecular weight excluding hydrogens is 232 g/mol. The molecule has 0 saturated heterocycles. The normalized spacial score (nSPS) is 11.0. The molecule has 19 heavy (non-hydrogen) atoms. The molecule has 0 unspecified atom stereocenters. The Labute approximate surface area is 119 Å². The van der Waals surface area contributed by atoms with Crippen molar-refractivity contribution in [2.24, 2.45) is 0 Å². The van der Waals surface area contributed by atoms with E-state index >= 15 is 0 Å². The average molecular weight is 262 g/mol. The third-order valence-corrected chi connectivity index (χ3v) is 4.22. The van der Waals surface area contributed by atoms with Gasteiger partial charge in [0.25, 0.3) is 0 Å². The molecule has 0 heterocycles. The van der Waals surface area contributed by atoms with Crippen LogP contribution in [0.25, 0.3) is 0 Å². The van der Waals surface area contributed by atoms with E-state index in [-0.39, 0.29) is 0 Å². The molecule has 0 saturated carbocycles. The minimum absolute atomic E-state index is 0.599. The molecule has 0 fully saturated rings. The molecule has 0 aliphatic rings. The number of unbranched alkanes of at least 4 members (excludes halogenated alkanes) is 1. The van der Waals surface area contributed by atoms with Crippen LogP contribution >= 0.6 is 0 Å². The van der Waals surface area contributed by atoms with Crippen LogP contribution in [0, 0.1) is 0 Å². The van der Waals surface area contributed by atoms with Crippen LogP contribution in [0.1, 0.15) is 75.3 Å². The standard InChI is InChI=1S/C18H30O/c1-6-11-12-17-15(9-4)13(7-2)14(8-3)16(10-5)18(17)19/h19H,6-12H2,1-5H3. The summed E-state index contributed by atoms with van der Waals surface area (Å²) in [6.45, 7) is 11.0. The van der Waals surface area contributed by atoms with Crippen LogP contribution < -0.4 is 0 Å². The lowest BCUT2D eigenvalue weighted by Gasteiger charge is -2.22. The first-order chi connectivity index (χ1) is 9.15. The number of phenols is 1. The minimum atomic E-state index is 0.599. The maximum atomic E-state index is 10.7. The summed E-state index contributed by atoms with van der Waals surface area (Å²) in [6, 6.07) is 0. The molecule has 1 aromatic carbocycles. The number of benzene rings is 1. The molecule has 1 aromatic rings. The number of rotatable bonds is 7. The van der Waals surface area contributed by atoms with Gasteiger partial charge in [-0.3, -0.25) is 0 Å². The summed E-state index contributed by atoms with van der Waals surface area (Å²) in [7, 11) is 0. The van der Waals surface area contributed by atoms with Gasteiger partial charge in [-0.15, -0.1) is 0 Å². The van der Waals surface area contributed by atoms with E-state index in [1.165, 1.54) is 40.7 Å². The predicted octanol–water partition coefficient (Wildman–Crippen LogP) is 4.98. The van der Waals surface area contributed by atoms with E-state index in [9.17, 15) is 5.11 Å². The lowest BCUT2D eigenvalue weighted by molar-refractivity contribution is 0.457. The monoisotopic (exact) mass is 262 g/mol. The second-order valence-electron chi connectivity index (χ2n) is 5.26. The zero-order chi connectivity index (χ0) is 14.4. The van der Waals surface area contributed by atoms with Crippen LogP contribution in [0.3, 0.4) is 0 Å². The molecule has 0 bridgehead atoms. The molecule has 0 aliphatic heterocycles. The molecule has 0 aromatic heterocycles. The second kappa shape index (κ2) is 7.57. The first-order valence-electron chi connectivity index (χ1n) is 8.03. The fourth-order valence-electron chi connectivity index (χ4n) is 3.30. The fourth-order valence-corrected chi connectivity index (χ4v) is 3.30. The smallest absolute Gasteiger partial charge is 0.122 e. The van der Waals surface area contributed by atoms with Crippen molar-refractivity contribution in [2.45, 2.75) is 79.6 Å². The number of hydrogen-bond donors (Lipinski definition) is 1. The van der Waals surface area contributed by atoms with Crippen molar-refractivity contribution >= 4 is 0 Å². The first kappa shape index (κ1) is 16.1. The Hall–Kier alpha value is -0.980. The Bertz CT molecular complexity index is 418. The summed E-state index contributed by atoms with van der Waals surface area (Å²) in [5.74, 6) is 0.599. The maximum Gasteiger partial charge on any atom is 0.122 e. The van der Waals surface area contributed by atoms with Gasteiger partial charge in [0.05, 0.1) is 0 Å². The molecule has 1 nitrogen and oxygen atoms in total. The van der Waals surface area contributed by atoms with Gasteiger partial charge in [-0.25, -0.2) is 0 Å². The van der Waals surface area contributed by atoms with Gasteiger partial charge in [0.15, 0.2) is 0 Å². The van der Waals surface area contributed by atoms with E-state index in [1.807, 2.05) is 0 Å². The van der Waals surface area contributed by atoms with Gasteiger partial charge < -0.3 is 5.11 Å². The highest BCUT2D eigenvalue weighted by Gasteiger charge is 2.19. The molecule has 1 heteroatoms. The highest BCUT2D eigenvalue weighted by molar-refractivity contribution is 5.55. The Kier molecular flexibility index (Phi) is 6.41. The van der Waals surface area contributed by atoms with E-state index in [0.717, 1.165) is 32.1 Å². The van der Waals surface area contributed by atoms with Crippen molar-refractivity contribution in [1.29, 1.82) is 0 Å². The van der Waals surface area contributed by atoms with Crippen LogP contribution in [-0.4, -0.2) is 5.11 Å². The van der Waals surface area contributed by atoms with Crippen LogP contribution in [0.5, 0.6) is 5.75 Å². The fraction of sp³-hybridized carbons (Fsp3) is 0.667. The highest BCUT2D eigenvalue weighted by Crippen LogP contribution is 2.36. The Morgan fingerprint density at radius 2 is 1.05 bits per heavy atom. The Morgan fingerprint density at radius 3 is 1.47 bits per heavy atom. The van der Waals surface area contributed by atoms with Gasteiger partial charge in [-0.2, -0.15) is 0 Å². The highest BCUT2D eigenvalue weighted by atomic mass is 16.3. The summed E-state index contributed by atoms with van der Waals surface area (Å²) < 4.78 is 0. The molecule has 1 rings (SSSR count). The topological polar surface area (TPSA) is 20.2 Å². The Morgan fingerprint density at radius 1 is 0.632 bits per heavy atom. The first-order valence-corrected chi connectivity index (χ1v) is 8.03. The van der Waals surface area contributed by atoms with Crippen molar-refractivity contribution in [3.05, 3.63) is 27.8 Å². The van der Waals surface area contributed by atoms with Crippen molar-refractivity contribution in [2.75, 3.05) is 0 Å². The third-order valence-electron chi connectivity index (χ3n) is 4.22. The summed E-state index contributed by atoms with van der Waals surface area (Å²) in [4.78, 5) is 0. The summed E-state index contributed by atoms with van der Waals surface area (Å²) >= 11 is 0. The largest absolute Gasteiger partial charge is 0.507 e. The maximum absolute atomic E-state index is 10.7. The van der Waals surface area contributed by atoms with Gasteiger partial charge in [0.1, 0.15) is 5.75 Å². The number of phenolic OH excluding ortho intramolecular Hbond substituents is 1. The molecule has 108 valence electrons. The summed E-state index contributed by atoms with van der Waals surface area (Å²) in [5.41, 5.74) is 6.76.